The Morgan fingerprint density at radius 2 is 2.24 bits per heavy atom. The van der Waals surface area contributed by atoms with Gasteiger partial charge in [-0.3, -0.25) is 4.79 Å². The van der Waals surface area contributed by atoms with Crippen molar-refractivity contribution >= 4 is 5.91 Å². The van der Waals surface area contributed by atoms with Gasteiger partial charge in [-0.05, 0) is 36.3 Å². The number of amides is 1. The van der Waals surface area contributed by atoms with Gasteiger partial charge in [-0.2, -0.15) is 0 Å². The molecule has 0 heterocycles. The second-order valence-corrected chi connectivity index (χ2v) is 4.59. The van der Waals surface area contributed by atoms with E-state index in [9.17, 15) is 4.79 Å². The minimum absolute atomic E-state index is 0.0501. The highest BCUT2D eigenvalue weighted by atomic mass is 16.1. The van der Waals surface area contributed by atoms with Gasteiger partial charge in [0.2, 0.25) is 5.91 Å². The zero-order valence-electron chi connectivity index (χ0n) is 10.3. The number of carbonyl (C=O) groups excluding carboxylic acids is 1. The van der Waals surface area contributed by atoms with E-state index in [1.807, 2.05) is 0 Å². The third-order valence-electron chi connectivity index (χ3n) is 3.45. The molecule has 92 valence electrons. The van der Waals surface area contributed by atoms with Gasteiger partial charge in [-0.1, -0.05) is 24.3 Å². The SMILES string of the molecule is CNC(=O)CNCC1CCCc2ccccc21. The van der Waals surface area contributed by atoms with Crippen LogP contribution in [0.1, 0.15) is 29.9 Å². The van der Waals surface area contributed by atoms with Gasteiger partial charge in [0.25, 0.3) is 0 Å². The first-order chi connectivity index (χ1) is 8.31. The summed E-state index contributed by atoms with van der Waals surface area (Å²) < 4.78 is 0. The molecular formula is C14H20N2O. The molecule has 1 unspecified atom stereocenters. The molecule has 0 saturated carbocycles. The molecule has 2 N–H and O–H groups in total. The average Bonchev–Trinajstić information content (AvgIpc) is 2.39. The zero-order chi connectivity index (χ0) is 12.1. The van der Waals surface area contributed by atoms with E-state index in [1.165, 1.54) is 30.4 Å². The Labute approximate surface area is 103 Å². The lowest BCUT2D eigenvalue weighted by Gasteiger charge is -2.25. The summed E-state index contributed by atoms with van der Waals surface area (Å²) in [6.45, 7) is 1.31. The van der Waals surface area contributed by atoms with E-state index in [2.05, 4.69) is 34.9 Å². The number of nitrogens with one attached hydrogen (secondary N) is 2. The highest BCUT2D eigenvalue weighted by molar-refractivity contribution is 5.77. The lowest BCUT2D eigenvalue weighted by Crippen LogP contribution is -2.34. The van der Waals surface area contributed by atoms with Crippen LogP contribution < -0.4 is 10.6 Å². The summed E-state index contributed by atoms with van der Waals surface area (Å²) in [7, 11) is 1.67. The predicted octanol–water partition coefficient (Wildman–Crippen LogP) is 1.44. The van der Waals surface area contributed by atoms with Gasteiger partial charge in [-0.15, -0.1) is 0 Å². The first kappa shape index (κ1) is 12.1. The van der Waals surface area contributed by atoms with Gasteiger partial charge in [0.1, 0.15) is 0 Å². The van der Waals surface area contributed by atoms with E-state index < -0.39 is 0 Å². The quantitative estimate of drug-likeness (QED) is 0.825. The van der Waals surface area contributed by atoms with Gasteiger partial charge < -0.3 is 10.6 Å². The summed E-state index contributed by atoms with van der Waals surface area (Å²) in [5, 5.41) is 5.86. The summed E-state index contributed by atoms with van der Waals surface area (Å²) in [5.41, 5.74) is 2.94. The van der Waals surface area contributed by atoms with Crippen molar-refractivity contribution in [3.05, 3.63) is 35.4 Å². The van der Waals surface area contributed by atoms with Crippen molar-refractivity contribution in [2.75, 3.05) is 20.1 Å². The highest BCUT2D eigenvalue weighted by Gasteiger charge is 2.19. The van der Waals surface area contributed by atoms with Crippen molar-refractivity contribution in [3.8, 4) is 0 Å². The standard InChI is InChI=1S/C14H20N2O/c1-15-14(17)10-16-9-12-7-4-6-11-5-2-3-8-13(11)12/h2-3,5,8,12,16H,4,6-7,9-10H2,1H3,(H,15,17). The number of fused-ring (bicyclic) bond motifs is 1. The van der Waals surface area contributed by atoms with E-state index in [-0.39, 0.29) is 5.91 Å². The molecule has 17 heavy (non-hydrogen) atoms. The summed E-state index contributed by atoms with van der Waals surface area (Å²) in [5.74, 6) is 0.610. The lowest BCUT2D eigenvalue weighted by molar-refractivity contribution is -0.119. The molecule has 3 nitrogen and oxygen atoms in total. The minimum Gasteiger partial charge on any atom is -0.358 e. The van der Waals surface area contributed by atoms with Gasteiger partial charge in [0, 0.05) is 13.6 Å². The topological polar surface area (TPSA) is 41.1 Å². The molecule has 0 saturated heterocycles. The molecule has 0 bridgehead atoms. The van der Waals surface area contributed by atoms with Crippen LogP contribution in [-0.2, 0) is 11.2 Å². The van der Waals surface area contributed by atoms with Crippen molar-refractivity contribution in [1.82, 2.24) is 10.6 Å². The molecule has 1 aliphatic rings. The van der Waals surface area contributed by atoms with Crippen LogP contribution in [0.5, 0.6) is 0 Å². The van der Waals surface area contributed by atoms with Crippen LogP contribution in [0.3, 0.4) is 0 Å². The van der Waals surface area contributed by atoms with Gasteiger partial charge >= 0.3 is 0 Å². The van der Waals surface area contributed by atoms with Gasteiger partial charge in [0.05, 0.1) is 6.54 Å². The Hall–Kier alpha value is -1.35. The van der Waals surface area contributed by atoms with Crippen molar-refractivity contribution in [2.45, 2.75) is 25.2 Å². The Morgan fingerprint density at radius 3 is 3.06 bits per heavy atom. The van der Waals surface area contributed by atoms with Gasteiger partial charge in [-0.25, -0.2) is 0 Å². The van der Waals surface area contributed by atoms with Crippen LogP contribution in [-0.4, -0.2) is 26.0 Å². The van der Waals surface area contributed by atoms with Crippen LogP contribution in [0, 0.1) is 0 Å². The Morgan fingerprint density at radius 1 is 1.41 bits per heavy atom. The zero-order valence-corrected chi connectivity index (χ0v) is 10.3. The molecule has 0 fully saturated rings. The van der Waals surface area contributed by atoms with Crippen LogP contribution >= 0.6 is 0 Å². The van der Waals surface area contributed by atoms with E-state index in [0.717, 1.165) is 6.54 Å². The molecule has 1 atom stereocenters. The molecule has 1 aromatic carbocycles. The third-order valence-corrected chi connectivity index (χ3v) is 3.45. The monoisotopic (exact) mass is 232 g/mol. The molecule has 1 aliphatic carbocycles. The van der Waals surface area contributed by atoms with E-state index >= 15 is 0 Å². The predicted molar refractivity (Wildman–Crippen MR) is 69.1 cm³/mol. The normalized spacial score (nSPS) is 18.5. The summed E-state index contributed by atoms with van der Waals surface area (Å²) >= 11 is 0. The number of carbonyl (C=O) groups is 1. The Bertz CT molecular complexity index is 390. The summed E-state index contributed by atoms with van der Waals surface area (Å²) in [4.78, 5) is 11.1. The third kappa shape index (κ3) is 3.07. The maximum atomic E-state index is 11.1. The molecule has 0 aliphatic heterocycles. The molecule has 3 heteroatoms. The molecule has 0 radical (unpaired) electrons. The largest absolute Gasteiger partial charge is 0.358 e. The number of benzene rings is 1. The van der Waals surface area contributed by atoms with Gasteiger partial charge in [0.15, 0.2) is 0 Å². The smallest absolute Gasteiger partial charge is 0.233 e. The second-order valence-electron chi connectivity index (χ2n) is 4.59. The fourth-order valence-electron chi connectivity index (χ4n) is 2.51. The molecular weight excluding hydrogens is 212 g/mol. The number of rotatable bonds is 4. The number of likely N-dealkylation sites (N-methyl/N-ethyl adjacent to an activating group) is 1. The van der Waals surface area contributed by atoms with Crippen molar-refractivity contribution in [3.63, 3.8) is 0 Å². The fourth-order valence-corrected chi connectivity index (χ4v) is 2.51. The molecule has 0 spiro atoms. The Balaban J connectivity index is 1.92. The maximum Gasteiger partial charge on any atom is 0.233 e. The molecule has 1 amide bonds. The first-order valence-electron chi connectivity index (χ1n) is 6.30. The van der Waals surface area contributed by atoms with E-state index in [0.29, 0.717) is 12.5 Å². The van der Waals surface area contributed by atoms with Crippen LogP contribution in [0.2, 0.25) is 0 Å². The second kappa shape index (κ2) is 5.82. The number of aryl methyl sites for hydroxylation is 1. The summed E-state index contributed by atoms with van der Waals surface area (Å²) in [6, 6.07) is 8.66. The minimum atomic E-state index is 0.0501. The van der Waals surface area contributed by atoms with Crippen LogP contribution in [0.25, 0.3) is 0 Å². The fraction of sp³-hybridized carbons (Fsp3) is 0.500. The summed E-state index contributed by atoms with van der Waals surface area (Å²) in [6.07, 6.45) is 3.67. The molecule has 2 rings (SSSR count). The van der Waals surface area contributed by atoms with E-state index in [4.69, 9.17) is 0 Å². The number of hydrogen-bond acceptors (Lipinski definition) is 2. The average molecular weight is 232 g/mol. The Kier molecular flexibility index (Phi) is 4.15. The lowest BCUT2D eigenvalue weighted by atomic mass is 9.83. The van der Waals surface area contributed by atoms with Crippen LogP contribution in [0.15, 0.2) is 24.3 Å². The number of hydrogen-bond donors (Lipinski definition) is 2. The first-order valence-corrected chi connectivity index (χ1v) is 6.30. The van der Waals surface area contributed by atoms with Crippen molar-refractivity contribution in [2.24, 2.45) is 0 Å². The van der Waals surface area contributed by atoms with Crippen molar-refractivity contribution in [1.29, 1.82) is 0 Å². The maximum absolute atomic E-state index is 11.1. The highest BCUT2D eigenvalue weighted by Crippen LogP contribution is 2.30. The molecule has 0 aromatic heterocycles. The van der Waals surface area contributed by atoms with E-state index in [1.54, 1.807) is 7.05 Å². The molecule has 1 aromatic rings. The van der Waals surface area contributed by atoms with Crippen LogP contribution in [0.4, 0.5) is 0 Å². The van der Waals surface area contributed by atoms with Crippen molar-refractivity contribution < 1.29 is 4.79 Å².